The van der Waals surface area contributed by atoms with Crippen LogP contribution >= 0.6 is 23.4 Å². The quantitative estimate of drug-likeness (QED) is 0.176. The number of benzene rings is 3. The Hall–Kier alpha value is -2.80. The molecule has 4 rings (SSSR count). The van der Waals surface area contributed by atoms with Gasteiger partial charge in [0.1, 0.15) is 6.04 Å². The molecule has 244 valence electrons. The number of halogens is 1. The van der Waals surface area contributed by atoms with Crippen LogP contribution in [-0.2, 0) is 20.9 Å². The molecule has 5 nitrogen and oxygen atoms in total. The molecule has 0 heterocycles. The van der Waals surface area contributed by atoms with Crippen LogP contribution in [0.2, 0.25) is 5.02 Å². The monoisotopic (exact) mass is 651 g/mol. The van der Waals surface area contributed by atoms with Gasteiger partial charge >= 0.3 is 5.97 Å². The zero-order valence-corrected chi connectivity index (χ0v) is 29.1. The average molecular weight is 652 g/mol. The maximum absolute atomic E-state index is 13.6. The zero-order valence-electron chi connectivity index (χ0n) is 27.6. The second kappa shape index (κ2) is 19.7. The molecule has 1 saturated carbocycles. The minimum absolute atomic E-state index is 0.0669. The van der Waals surface area contributed by atoms with Gasteiger partial charge in [0.2, 0.25) is 0 Å². The van der Waals surface area contributed by atoms with E-state index in [1.807, 2.05) is 87.7 Å². The Bertz CT molecular complexity index is 1360. The zero-order chi connectivity index (χ0) is 32.6. The van der Waals surface area contributed by atoms with Crippen molar-refractivity contribution in [2.75, 3.05) is 19.1 Å². The number of nitrogens with one attached hydrogen (secondary N) is 1. The largest absolute Gasteiger partial charge is 0.467 e. The summed E-state index contributed by atoms with van der Waals surface area (Å²) >= 11 is 8.00. The van der Waals surface area contributed by atoms with Gasteiger partial charge in [0.15, 0.2) is 0 Å². The van der Waals surface area contributed by atoms with E-state index in [1.165, 1.54) is 39.2 Å². The van der Waals surface area contributed by atoms with E-state index in [0.29, 0.717) is 23.6 Å². The number of rotatable bonds is 14. The molecule has 0 saturated heterocycles. The third-order valence-corrected chi connectivity index (χ3v) is 9.28. The molecule has 1 N–H and O–H groups in total. The van der Waals surface area contributed by atoms with Gasteiger partial charge in [0, 0.05) is 10.6 Å². The second-order valence-corrected chi connectivity index (χ2v) is 12.9. The standard InChI is InChI=1S/C36H44ClNO4S.C2H6/c1-25-10-7-8-15-30(25)32-22-27(16-18-31(32)35(39)38-33(20-21-43-3)36(40)41-2)24-42-34(28-13-9-14-29(37)23-28)19-17-26-11-5-4-6-12-26;1-2/h7-10,13-16,18,22-23,26,33-34H,4-6,11-12,17,19-21,24H2,1-3H3,(H,38,39);1-2H3. The van der Waals surface area contributed by atoms with E-state index < -0.39 is 12.0 Å². The molecule has 45 heavy (non-hydrogen) atoms. The van der Waals surface area contributed by atoms with Crippen molar-refractivity contribution in [2.24, 2.45) is 5.92 Å². The minimum atomic E-state index is -0.708. The molecule has 1 aliphatic carbocycles. The van der Waals surface area contributed by atoms with Crippen molar-refractivity contribution in [2.45, 2.75) is 90.9 Å². The Labute approximate surface area is 279 Å². The van der Waals surface area contributed by atoms with Gasteiger partial charge in [-0.1, -0.05) is 100 Å². The highest BCUT2D eigenvalue weighted by atomic mass is 35.5. The smallest absolute Gasteiger partial charge is 0.328 e. The van der Waals surface area contributed by atoms with Crippen molar-refractivity contribution in [3.05, 3.63) is 94.0 Å². The third kappa shape index (κ3) is 11.2. The fraction of sp³-hybridized carbons (Fsp3) is 0.474. The van der Waals surface area contributed by atoms with Crippen LogP contribution in [0.4, 0.5) is 0 Å². The first-order valence-electron chi connectivity index (χ1n) is 16.3. The summed E-state index contributed by atoms with van der Waals surface area (Å²) in [5.41, 5.74) is 5.43. The summed E-state index contributed by atoms with van der Waals surface area (Å²) < 4.78 is 11.6. The van der Waals surface area contributed by atoms with E-state index in [0.717, 1.165) is 52.3 Å². The Kier molecular flexibility index (Phi) is 16.0. The van der Waals surface area contributed by atoms with Crippen LogP contribution in [0.25, 0.3) is 11.1 Å². The van der Waals surface area contributed by atoms with Gasteiger partial charge in [-0.2, -0.15) is 11.8 Å². The Morgan fingerprint density at radius 1 is 0.956 bits per heavy atom. The number of ether oxygens (including phenoxy) is 2. The van der Waals surface area contributed by atoms with Crippen LogP contribution in [0.5, 0.6) is 0 Å². The predicted octanol–water partition coefficient (Wildman–Crippen LogP) is 9.98. The van der Waals surface area contributed by atoms with Crippen molar-refractivity contribution in [1.29, 1.82) is 0 Å². The number of esters is 1. The van der Waals surface area contributed by atoms with Crippen molar-refractivity contribution < 1.29 is 19.1 Å². The van der Waals surface area contributed by atoms with Crippen LogP contribution in [0.1, 0.15) is 98.4 Å². The number of thioether (sulfide) groups is 1. The number of hydrogen-bond donors (Lipinski definition) is 1. The van der Waals surface area contributed by atoms with Crippen molar-refractivity contribution in [3.63, 3.8) is 0 Å². The lowest BCUT2D eigenvalue weighted by molar-refractivity contribution is -0.142. The molecule has 2 unspecified atom stereocenters. The van der Waals surface area contributed by atoms with Gasteiger partial charge < -0.3 is 14.8 Å². The predicted molar refractivity (Wildman–Crippen MR) is 189 cm³/mol. The summed E-state index contributed by atoms with van der Waals surface area (Å²) in [6, 6.07) is 21.1. The summed E-state index contributed by atoms with van der Waals surface area (Å²) in [5, 5.41) is 3.63. The molecule has 0 bridgehead atoms. The molecule has 3 aromatic carbocycles. The third-order valence-electron chi connectivity index (χ3n) is 8.40. The van der Waals surface area contributed by atoms with E-state index in [1.54, 1.807) is 11.8 Å². The first-order valence-corrected chi connectivity index (χ1v) is 18.1. The van der Waals surface area contributed by atoms with Gasteiger partial charge in [0.25, 0.3) is 5.91 Å². The number of aryl methyl sites for hydroxylation is 1. The molecule has 7 heteroatoms. The molecule has 1 fully saturated rings. The number of hydrogen-bond acceptors (Lipinski definition) is 5. The van der Waals surface area contributed by atoms with Crippen LogP contribution in [-0.4, -0.2) is 37.0 Å². The van der Waals surface area contributed by atoms with Crippen LogP contribution in [0.15, 0.2) is 66.7 Å². The van der Waals surface area contributed by atoms with Gasteiger partial charge in [-0.3, -0.25) is 4.79 Å². The van der Waals surface area contributed by atoms with Gasteiger partial charge in [-0.15, -0.1) is 0 Å². The summed E-state index contributed by atoms with van der Waals surface area (Å²) in [7, 11) is 1.35. The number of carbonyl (C=O) groups excluding carboxylic acids is 2. The van der Waals surface area contributed by atoms with Crippen molar-refractivity contribution in [1.82, 2.24) is 5.32 Å². The molecule has 3 aromatic rings. The van der Waals surface area contributed by atoms with E-state index in [9.17, 15) is 9.59 Å². The first kappa shape index (κ1) is 36.7. The highest BCUT2D eigenvalue weighted by Crippen LogP contribution is 2.34. The molecule has 1 aliphatic rings. The van der Waals surface area contributed by atoms with Gasteiger partial charge in [-0.05, 0) is 96.2 Å². The number of amides is 1. The maximum atomic E-state index is 13.6. The molecule has 0 aromatic heterocycles. The Morgan fingerprint density at radius 3 is 2.40 bits per heavy atom. The fourth-order valence-electron chi connectivity index (χ4n) is 5.95. The Balaban J connectivity index is 0.00000271. The topological polar surface area (TPSA) is 64.6 Å². The average Bonchev–Trinajstić information content (AvgIpc) is 3.07. The van der Waals surface area contributed by atoms with Crippen molar-refractivity contribution >= 4 is 35.2 Å². The molecule has 1 amide bonds. The molecule has 0 aliphatic heterocycles. The normalized spacial score (nSPS) is 14.5. The van der Waals surface area contributed by atoms with Gasteiger partial charge in [0.05, 0.1) is 19.8 Å². The highest BCUT2D eigenvalue weighted by molar-refractivity contribution is 7.98. The number of carbonyl (C=O) groups is 2. The summed E-state index contributed by atoms with van der Waals surface area (Å²) in [6.45, 7) is 6.44. The second-order valence-electron chi connectivity index (χ2n) is 11.5. The first-order chi connectivity index (χ1) is 21.9. The lowest BCUT2D eigenvalue weighted by Crippen LogP contribution is -2.42. The SMILES string of the molecule is CC.COC(=O)C(CCSC)NC(=O)c1ccc(COC(CCC2CCCCC2)c2cccc(Cl)c2)cc1-c1ccccc1C. The number of methoxy groups -OCH3 is 1. The molecular weight excluding hydrogens is 602 g/mol. The van der Waals surface area contributed by atoms with E-state index >= 15 is 0 Å². The van der Waals surface area contributed by atoms with Gasteiger partial charge in [-0.25, -0.2) is 4.79 Å². The molecular formula is C38H50ClNO4S. The van der Waals surface area contributed by atoms with Crippen LogP contribution in [0, 0.1) is 12.8 Å². The van der Waals surface area contributed by atoms with E-state index in [4.69, 9.17) is 21.1 Å². The molecule has 2 atom stereocenters. The van der Waals surface area contributed by atoms with Crippen molar-refractivity contribution in [3.8, 4) is 11.1 Å². The van der Waals surface area contributed by atoms with E-state index in [-0.39, 0.29) is 12.0 Å². The highest BCUT2D eigenvalue weighted by Gasteiger charge is 2.24. The fourth-order valence-corrected chi connectivity index (χ4v) is 6.62. The van der Waals surface area contributed by atoms with Crippen LogP contribution < -0.4 is 5.32 Å². The minimum Gasteiger partial charge on any atom is -0.467 e. The van der Waals surface area contributed by atoms with E-state index in [2.05, 4.69) is 11.4 Å². The molecule has 0 spiro atoms. The summed E-state index contributed by atoms with van der Waals surface area (Å²) in [5.74, 6) is 0.751. The lowest BCUT2D eigenvalue weighted by Gasteiger charge is -2.25. The van der Waals surface area contributed by atoms with Crippen LogP contribution in [0.3, 0.4) is 0 Å². The summed E-state index contributed by atoms with van der Waals surface area (Å²) in [4.78, 5) is 26.0. The Morgan fingerprint density at radius 2 is 1.71 bits per heavy atom. The summed E-state index contributed by atoms with van der Waals surface area (Å²) in [6.07, 6.45) is 11.1. The maximum Gasteiger partial charge on any atom is 0.328 e. The molecule has 0 radical (unpaired) electrons. The lowest BCUT2D eigenvalue weighted by atomic mass is 9.85.